The Morgan fingerprint density at radius 2 is 1.77 bits per heavy atom. The maximum Gasteiger partial charge on any atom is 0.131 e. The molecule has 3 saturated heterocycles. The predicted molar refractivity (Wildman–Crippen MR) is 84.9 cm³/mol. The van der Waals surface area contributed by atoms with Gasteiger partial charge in [0.15, 0.2) is 0 Å². The molecule has 3 aliphatic heterocycles. The molecule has 0 aromatic heterocycles. The smallest absolute Gasteiger partial charge is 0.131 e. The van der Waals surface area contributed by atoms with Crippen LogP contribution in [0, 0.1) is 11.7 Å². The average Bonchev–Trinajstić information content (AvgIpc) is 2.56. The van der Waals surface area contributed by atoms with Crippen molar-refractivity contribution in [3.05, 3.63) is 59.9 Å². The molecule has 5 rings (SSSR count). The topological polar surface area (TPSA) is 23.5 Å². The normalized spacial score (nSPS) is 30.5. The summed E-state index contributed by atoms with van der Waals surface area (Å²) in [6.45, 7) is 2.73. The lowest BCUT2D eigenvalue weighted by molar-refractivity contribution is -0.117. The summed E-state index contributed by atoms with van der Waals surface area (Å²) in [5.41, 5.74) is 1.28. The largest absolute Gasteiger partial charge is 0.384 e. The molecular formula is C19H20FNO. The van der Waals surface area contributed by atoms with Crippen molar-refractivity contribution in [2.45, 2.75) is 18.4 Å². The molecule has 0 radical (unpaired) electrons. The molecule has 2 nitrogen and oxygen atoms in total. The minimum absolute atomic E-state index is 0.250. The number of benzene rings is 2. The van der Waals surface area contributed by atoms with Gasteiger partial charge in [0.2, 0.25) is 0 Å². The SMILES string of the molecule is OC1(c2ccc(-c3ccccc3)c(F)c2)CN2CCC1CC2. The van der Waals surface area contributed by atoms with Crippen LogP contribution in [0.3, 0.4) is 0 Å². The first-order valence-electron chi connectivity index (χ1n) is 7.97. The molecule has 114 valence electrons. The Hall–Kier alpha value is -1.71. The van der Waals surface area contributed by atoms with Crippen LogP contribution in [0.2, 0.25) is 0 Å². The minimum Gasteiger partial charge on any atom is -0.384 e. The van der Waals surface area contributed by atoms with Crippen molar-refractivity contribution >= 4 is 0 Å². The summed E-state index contributed by atoms with van der Waals surface area (Å²) in [5, 5.41) is 11.1. The third-order valence-corrected chi connectivity index (χ3v) is 5.28. The van der Waals surface area contributed by atoms with Crippen molar-refractivity contribution in [2.75, 3.05) is 19.6 Å². The lowest BCUT2D eigenvalue weighted by atomic mass is 9.71. The molecule has 3 heterocycles. The number of fused-ring (bicyclic) bond motifs is 3. The van der Waals surface area contributed by atoms with Gasteiger partial charge < -0.3 is 10.0 Å². The molecule has 22 heavy (non-hydrogen) atoms. The van der Waals surface area contributed by atoms with Crippen LogP contribution in [0.15, 0.2) is 48.5 Å². The van der Waals surface area contributed by atoms with E-state index in [-0.39, 0.29) is 11.7 Å². The summed E-state index contributed by atoms with van der Waals surface area (Å²) < 4.78 is 14.6. The lowest BCUT2D eigenvalue weighted by Crippen LogP contribution is -2.57. The van der Waals surface area contributed by atoms with Gasteiger partial charge in [-0.1, -0.05) is 42.5 Å². The van der Waals surface area contributed by atoms with E-state index in [0.29, 0.717) is 12.1 Å². The van der Waals surface area contributed by atoms with Gasteiger partial charge in [-0.2, -0.15) is 0 Å². The lowest BCUT2D eigenvalue weighted by Gasteiger charge is -2.50. The third kappa shape index (κ3) is 2.16. The number of hydrogen-bond acceptors (Lipinski definition) is 2. The van der Waals surface area contributed by atoms with Gasteiger partial charge in [0.05, 0.1) is 0 Å². The Morgan fingerprint density at radius 1 is 1.05 bits per heavy atom. The average molecular weight is 297 g/mol. The maximum atomic E-state index is 14.6. The van der Waals surface area contributed by atoms with Gasteiger partial charge >= 0.3 is 0 Å². The molecule has 1 N–H and O–H groups in total. The maximum absolute atomic E-state index is 14.6. The quantitative estimate of drug-likeness (QED) is 0.918. The van der Waals surface area contributed by atoms with Crippen molar-refractivity contribution in [1.82, 2.24) is 4.90 Å². The fraction of sp³-hybridized carbons (Fsp3) is 0.368. The molecule has 2 aromatic rings. The Bertz CT molecular complexity index is 679. The zero-order valence-electron chi connectivity index (χ0n) is 12.5. The van der Waals surface area contributed by atoms with Crippen molar-refractivity contribution in [2.24, 2.45) is 5.92 Å². The van der Waals surface area contributed by atoms with Crippen molar-refractivity contribution in [1.29, 1.82) is 0 Å². The first-order valence-corrected chi connectivity index (χ1v) is 7.97. The molecule has 3 aliphatic rings. The molecule has 1 atom stereocenters. The molecule has 2 aromatic carbocycles. The van der Waals surface area contributed by atoms with Gasteiger partial charge in [-0.15, -0.1) is 0 Å². The van der Waals surface area contributed by atoms with E-state index in [1.54, 1.807) is 6.07 Å². The summed E-state index contributed by atoms with van der Waals surface area (Å²) in [5.74, 6) is -0.00644. The molecule has 0 aliphatic carbocycles. The molecular weight excluding hydrogens is 277 g/mol. The first-order chi connectivity index (χ1) is 10.7. The van der Waals surface area contributed by atoms with E-state index in [1.165, 1.54) is 6.07 Å². The van der Waals surface area contributed by atoms with Gasteiger partial charge in [-0.05, 0) is 49.0 Å². The summed E-state index contributed by atoms with van der Waals surface area (Å²) >= 11 is 0. The monoisotopic (exact) mass is 297 g/mol. The molecule has 3 fully saturated rings. The highest BCUT2D eigenvalue weighted by Gasteiger charge is 2.46. The summed E-state index contributed by atoms with van der Waals surface area (Å²) in [4.78, 5) is 2.28. The zero-order chi connectivity index (χ0) is 15.2. The second-order valence-electron chi connectivity index (χ2n) is 6.54. The fourth-order valence-corrected chi connectivity index (χ4v) is 4.00. The second kappa shape index (κ2) is 5.18. The van der Waals surface area contributed by atoms with Crippen molar-refractivity contribution in [3.63, 3.8) is 0 Å². The van der Waals surface area contributed by atoms with Crippen LogP contribution in [0.1, 0.15) is 18.4 Å². The molecule has 2 bridgehead atoms. The van der Waals surface area contributed by atoms with Crippen LogP contribution in [0.25, 0.3) is 11.1 Å². The number of halogens is 1. The van der Waals surface area contributed by atoms with E-state index in [4.69, 9.17) is 0 Å². The second-order valence-corrected chi connectivity index (χ2v) is 6.54. The van der Waals surface area contributed by atoms with Gasteiger partial charge in [-0.3, -0.25) is 0 Å². The van der Waals surface area contributed by atoms with Crippen LogP contribution in [0.4, 0.5) is 4.39 Å². The van der Waals surface area contributed by atoms with Crippen LogP contribution < -0.4 is 0 Å². The van der Waals surface area contributed by atoms with Crippen LogP contribution in [-0.4, -0.2) is 29.6 Å². The van der Waals surface area contributed by atoms with Crippen molar-refractivity contribution in [3.8, 4) is 11.1 Å². The van der Waals surface area contributed by atoms with E-state index in [9.17, 15) is 9.50 Å². The number of hydrogen-bond donors (Lipinski definition) is 1. The van der Waals surface area contributed by atoms with Crippen LogP contribution in [-0.2, 0) is 5.60 Å². The standard InChI is InChI=1S/C19H20FNO/c20-18-12-16(6-7-17(18)14-4-2-1-3-5-14)19(22)13-21-10-8-15(19)9-11-21/h1-7,12,15,22H,8-11,13H2. The van der Waals surface area contributed by atoms with Gasteiger partial charge in [0.1, 0.15) is 11.4 Å². The number of rotatable bonds is 2. The van der Waals surface area contributed by atoms with E-state index < -0.39 is 5.60 Å². The Balaban J connectivity index is 1.71. The van der Waals surface area contributed by atoms with Gasteiger partial charge in [0, 0.05) is 12.1 Å². The predicted octanol–water partition coefficient (Wildman–Crippen LogP) is 3.41. The Labute approximate surface area is 130 Å². The summed E-state index contributed by atoms with van der Waals surface area (Å²) in [6, 6.07) is 14.8. The molecule has 0 spiro atoms. The Kier molecular flexibility index (Phi) is 3.28. The van der Waals surface area contributed by atoms with Gasteiger partial charge in [-0.25, -0.2) is 4.39 Å². The van der Waals surface area contributed by atoms with Crippen LogP contribution in [0.5, 0.6) is 0 Å². The number of nitrogens with zero attached hydrogens (tertiary/aromatic N) is 1. The number of aliphatic hydroxyl groups is 1. The highest BCUT2D eigenvalue weighted by atomic mass is 19.1. The van der Waals surface area contributed by atoms with Gasteiger partial charge in [0.25, 0.3) is 0 Å². The minimum atomic E-state index is -0.896. The first kappa shape index (κ1) is 13.9. The van der Waals surface area contributed by atoms with Crippen molar-refractivity contribution < 1.29 is 9.50 Å². The van der Waals surface area contributed by atoms with E-state index in [2.05, 4.69) is 4.90 Å². The Morgan fingerprint density at radius 3 is 2.36 bits per heavy atom. The van der Waals surface area contributed by atoms with E-state index in [1.807, 2.05) is 36.4 Å². The third-order valence-electron chi connectivity index (χ3n) is 5.28. The van der Waals surface area contributed by atoms with Crippen LogP contribution >= 0.6 is 0 Å². The molecule has 3 heteroatoms. The highest BCUT2D eigenvalue weighted by molar-refractivity contribution is 5.64. The highest BCUT2D eigenvalue weighted by Crippen LogP contribution is 2.43. The summed E-state index contributed by atoms with van der Waals surface area (Å²) in [7, 11) is 0. The fourth-order valence-electron chi connectivity index (χ4n) is 4.00. The molecule has 1 unspecified atom stereocenters. The molecule has 0 saturated carbocycles. The van der Waals surface area contributed by atoms with E-state index >= 15 is 0 Å². The summed E-state index contributed by atoms with van der Waals surface area (Å²) in [6.07, 6.45) is 2.00. The number of piperidine rings is 3. The molecule has 0 amide bonds. The van der Waals surface area contributed by atoms with E-state index in [0.717, 1.165) is 37.1 Å². The zero-order valence-corrected chi connectivity index (χ0v) is 12.5.